The third-order valence-corrected chi connectivity index (χ3v) is 7.00. The molecule has 0 aliphatic heterocycles. The topological polar surface area (TPSA) is 61.9 Å². The van der Waals surface area contributed by atoms with Gasteiger partial charge < -0.3 is 4.90 Å². The van der Waals surface area contributed by atoms with Crippen LogP contribution in [0.15, 0.2) is 121 Å². The molecule has 206 valence electrons. The number of hydrogen-bond donors (Lipinski definition) is 0. The van der Waals surface area contributed by atoms with Gasteiger partial charge in [-0.15, -0.1) is 0 Å². The molecular weight excluding hydrogens is 540 g/mol. The number of carbonyl (C=O) groups excluding carboxylic acids is 1. The van der Waals surface area contributed by atoms with Gasteiger partial charge in [0.2, 0.25) is 5.78 Å². The highest BCUT2D eigenvalue weighted by Crippen LogP contribution is 2.30. The molecule has 0 spiro atoms. The molecule has 42 heavy (non-hydrogen) atoms. The molecule has 0 unspecified atom stereocenters. The predicted octanol–water partition coefficient (Wildman–Crippen LogP) is 8.17. The van der Waals surface area contributed by atoms with Gasteiger partial charge in [0.1, 0.15) is 11.6 Å². The van der Waals surface area contributed by atoms with Crippen LogP contribution >= 0.6 is 11.6 Å². The third kappa shape index (κ3) is 6.75. The molecule has 0 radical (unpaired) electrons. The Kier molecular flexibility index (Phi) is 9.08. The highest BCUT2D eigenvalue weighted by Gasteiger charge is 2.27. The van der Waals surface area contributed by atoms with Gasteiger partial charge in [-0.2, -0.15) is 10.4 Å². The van der Waals surface area contributed by atoms with Gasteiger partial charge in [0, 0.05) is 23.7 Å². The van der Waals surface area contributed by atoms with Crippen LogP contribution in [0, 0.1) is 18.3 Å². The summed E-state index contributed by atoms with van der Waals surface area (Å²) in [6.45, 7) is 2.91. The summed E-state index contributed by atoms with van der Waals surface area (Å²) >= 11 is 6.20. The van der Waals surface area contributed by atoms with Crippen molar-refractivity contribution in [2.45, 2.75) is 6.92 Å². The summed E-state index contributed by atoms with van der Waals surface area (Å²) < 4.78 is 1.67. The maximum Gasteiger partial charge on any atom is 0.214 e. The SMILES string of the molecule is Cc1ccc(C(=O)c2nn(-c3ccc(Cl)cc3)c(N(CC=Cc3ccccc3)CC=Cc3ccccc3)c2C#N)cc1. The Bertz CT molecular complexity index is 1700. The standard InChI is InChI=1S/C36H29ClN4O/c1-27-16-18-30(19-17-27)35(42)34-33(26-38)36(41(39-34)32-22-20-31(37)21-23-32)40(24-8-14-28-10-4-2-5-11-28)25-9-15-29-12-6-3-7-13-29/h2-23H,24-25H2,1H3. The quantitative estimate of drug-likeness (QED) is 0.159. The van der Waals surface area contributed by atoms with Crippen molar-refractivity contribution in [2.75, 3.05) is 18.0 Å². The van der Waals surface area contributed by atoms with Crippen molar-refractivity contribution in [2.24, 2.45) is 0 Å². The minimum atomic E-state index is -0.305. The summed E-state index contributed by atoms with van der Waals surface area (Å²) in [6, 6.07) is 36.9. The zero-order valence-corrected chi connectivity index (χ0v) is 23.9. The Balaban J connectivity index is 1.61. The van der Waals surface area contributed by atoms with Crippen LogP contribution in [-0.4, -0.2) is 28.7 Å². The first-order valence-electron chi connectivity index (χ1n) is 13.6. The first kappa shape index (κ1) is 28.4. The molecule has 6 heteroatoms. The Morgan fingerprint density at radius 3 is 1.90 bits per heavy atom. The van der Waals surface area contributed by atoms with Crippen molar-refractivity contribution in [3.63, 3.8) is 0 Å². The van der Waals surface area contributed by atoms with E-state index in [4.69, 9.17) is 16.7 Å². The number of ketones is 1. The monoisotopic (exact) mass is 568 g/mol. The van der Waals surface area contributed by atoms with Crippen molar-refractivity contribution >= 4 is 35.4 Å². The highest BCUT2D eigenvalue weighted by atomic mass is 35.5. The lowest BCUT2D eigenvalue weighted by molar-refractivity contribution is 0.103. The number of benzene rings is 4. The zero-order valence-electron chi connectivity index (χ0n) is 23.2. The normalized spacial score (nSPS) is 11.2. The number of nitriles is 1. The van der Waals surface area contributed by atoms with Crippen LogP contribution in [0.1, 0.15) is 38.3 Å². The molecule has 4 aromatic carbocycles. The smallest absolute Gasteiger partial charge is 0.214 e. The van der Waals surface area contributed by atoms with E-state index in [0.29, 0.717) is 35.2 Å². The molecule has 0 aliphatic carbocycles. The van der Waals surface area contributed by atoms with Crippen molar-refractivity contribution in [3.8, 4) is 11.8 Å². The molecule has 0 saturated heterocycles. The lowest BCUT2D eigenvalue weighted by Crippen LogP contribution is -2.27. The van der Waals surface area contributed by atoms with Crippen molar-refractivity contribution in [1.82, 2.24) is 9.78 Å². The van der Waals surface area contributed by atoms with E-state index >= 15 is 0 Å². The predicted molar refractivity (Wildman–Crippen MR) is 171 cm³/mol. The van der Waals surface area contributed by atoms with Crippen LogP contribution in [0.3, 0.4) is 0 Å². The molecule has 1 aromatic heterocycles. The average molecular weight is 569 g/mol. The number of rotatable bonds is 10. The summed E-state index contributed by atoms with van der Waals surface area (Å²) in [5.74, 6) is 0.228. The van der Waals surface area contributed by atoms with E-state index in [9.17, 15) is 10.1 Å². The van der Waals surface area contributed by atoms with E-state index in [-0.39, 0.29) is 17.0 Å². The summed E-state index contributed by atoms with van der Waals surface area (Å²) in [6.07, 6.45) is 8.18. The second kappa shape index (κ2) is 13.5. The molecular formula is C36H29ClN4O. The Morgan fingerprint density at radius 2 is 1.38 bits per heavy atom. The number of aromatic nitrogens is 2. The summed E-state index contributed by atoms with van der Waals surface area (Å²) in [7, 11) is 0. The molecule has 1 heterocycles. The van der Waals surface area contributed by atoms with E-state index in [1.165, 1.54) is 0 Å². The van der Waals surface area contributed by atoms with Crippen LogP contribution in [-0.2, 0) is 0 Å². The maximum atomic E-state index is 13.7. The van der Waals surface area contributed by atoms with E-state index < -0.39 is 0 Å². The fourth-order valence-electron chi connectivity index (χ4n) is 4.57. The molecule has 5 nitrogen and oxygen atoms in total. The second-order valence-corrected chi connectivity index (χ2v) is 10.2. The number of anilines is 1. The molecule has 0 aliphatic rings. The lowest BCUT2D eigenvalue weighted by atomic mass is 10.0. The fourth-order valence-corrected chi connectivity index (χ4v) is 4.70. The summed E-state index contributed by atoms with van der Waals surface area (Å²) in [4.78, 5) is 15.8. The summed E-state index contributed by atoms with van der Waals surface area (Å²) in [5.41, 5.74) is 4.67. The van der Waals surface area contributed by atoms with Crippen LogP contribution in [0.5, 0.6) is 0 Å². The van der Waals surface area contributed by atoms with E-state index in [2.05, 4.69) is 6.07 Å². The first-order chi connectivity index (χ1) is 20.5. The molecule has 0 saturated carbocycles. The van der Waals surface area contributed by atoms with Crippen molar-refractivity contribution < 1.29 is 4.79 Å². The maximum absolute atomic E-state index is 13.7. The van der Waals surface area contributed by atoms with Gasteiger partial charge in [-0.1, -0.05) is 126 Å². The molecule has 0 N–H and O–H groups in total. The Hall–Kier alpha value is -5.18. The number of carbonyl (C=O) groups is 1. The number of aryl methyl sites for hydroxylation is 1. The zero-order chi connectivity index (χ0) is 29.3. The largest absolute Gasteiger partial charge is 0.348 e. The lowest BCUT2D eigenvalue weighted by Gasteiger charge is -2.23. The first-order valence-corrected chi connectivity index (χ1v) is 14.0. The van der Waals surface area contributed by atoms with Gasteiger partial charge in [0.05, 0.1) is 5.69 Å². The van der Waals surface area contributed by atoms with Crippen molar-refractivity contribution in [1.29, 1.82) is 5.26 Å². The average Bonchev–Trinajstić information content (AvgIpc) is 3.41. The van der Waals surface area contributed by atoms with E-state index in [0.717, 1.165) is 16.7 Å². The van der Waals surface area contributed by atoms with Crippen LogP contribution < -0.4 is 4.90 Å². The second-order valence-electron chi connectivity index (χ2n) is 9.77. The molecule has 0 atom stereocenters. The van der Waals surface area contributed by atoms with Gasteiger partial charge in [-0.05, 0) is 42.3 Å². The van der Waals surface area contributed by atoms with E-state index in [1.807, 2.05) is 121 Å². The molecule has 5 rings (SSSR count). The van der Waals surface area contributed by atoms with Crippen LogP contribution in [0.2, 0.25) is 5.02 Å². The van der Waals surface area contributed by atoms with Crippen LogP contribution in [0.25, 0.3) is 17.8 Å². The van der Waals surface area contributed by atoms with Gasteiger partial charge in [0.25, 0.3) is 0 Å². The molecule has 5 aromatic rings. The third-order valence-electron chi connectivity index (χ3n) is 6.74. The molecule has 0 fully saturated rings. The summed E-state index contributed by atoms with van der Waals surface area (Å²) in [5, 5.41) is 15.8. The minimum Gasteiger partial charge on any atom is -0.348 e. The Morgan fingerprint density at radius 1 is 0.833 bits per heavy atom. The highest BCUT2D eigenvalue weighted by molar-refractivity contribution is 6.30. The van der Waals surface area contributed by atoms with Crippen molar-refractivity contribution in [3.05, 3.63) is 160 Å². The number of halogens is 1. The fraction of sp³-hybridized carbons (Fsp3) is 0.0833. The number of nitrogens with zero attached hydrogens (tertiary/aromatic N) is 4. The van der Waals surface area contributed by atoms with Gasteiger partial charge in [0.15, 0.2) is 11.5 Å². The van der Waals surface area contributed by atoms with Gasteiger partial charge in [-0.25, -0.2) is 4.68 Å². The Labute approximate surface area is 251 Å². The molecule has 0 bridgehead atoms. The van der Waals surface area contributed by atoms with Gasteiger partial charge in [-0.3, -0.25) is 4.79 Å². The number of hydrogen-bond acceptors (Lipinski definition) is 4. The van der Waals surface area contributed by atoms with Gasteiger partial charge >= 0.3 is 0 Å². The molecule has 0 amide bonds. The van der Waals surface area contributed by atoms with Crippen LogP contribution in [0.4, 0.5) is 5.82 Å². The minimum absolute atomic E-state index is 0.107. The van der Waals surface area contributed by atoms with E-state index in [1.54, 1.807) is 28.9 Å².